The standard InChI is InChI=1S/C21H24FN5OS/c1-13-11-17(22)8-9-18(13)23-19(28)16-5-4-10-26(12-16)20-24-25-21(29-20)27-14(2)6-7-15(27)3/h6-9,11,16H,4-5,10,12H2,1-3H3,(H,23,28)/t16-/m1/s1. The molecule has 1 aliphatic rings. The van der Waals surface area contributed by atoms with Crippen molar-refractivity contribution in [1.82, 2.24) is 14.8 Å². The normalized spacial score (nSPS) is 16.8. The molecular formula is C21H24FN5OS. The number of hydrogen-bond donors (Lipinski definition) is 1. The summed E-state index contributed by atoms with van der Waals surface area (Å²) in [6.07, 6.45) is 1.74. The van der Waals surface area contributed by atoms with Gasteiger partial charge in [0, 0.05) is 30.2 Å². The van der Waals surface area contributed by atoms with Gasteiger partial charge in [-0.3, -0.25) is 9.36 Å². The number of rotatable bonds is 4. The monoisotopic (exact) mass is 413 g/mol. The Morgan fingerprint density at radius 1 is 1.14 bits per heavy atom. The molecule has 29 heavy (non-hydrogen) atoms. The third-order valence-corrected chi connectivity index (χ3v) is 6.34. The lowest BCUT2D eigenvalue weighted by Crippen LogP contribution is -2.40. The largest absolute Gasteiger partial charge is 0.346 e. The molecule has 8 heteroatoms. The van der Waals surface area contributed by atoms with Gasteiger partial charge in [0.1, 0.15) is 5.82 Å². The van der Waals surface area contributed by atoms with E-state index in [1.165, 1.54) is 12.1 Å². The van der Waals surface area contributed by atoms with Gasteiger partial charge in [-0.2, -0.15) is 0 Å². The van der Waals surface area contributed by atoms with Gasteiger partial charge in [0.25, 0.3) is 0 Å². The summed E-state index contributed by atoms with van der Waals surface area (Å²) < 4.78 is 15.4. The van der Waals surface area contributed by atoms with E-state index in [0.29, 0.717) is 12.2 Å². The van der Waals surface area contributed by atoms with Crippen LogP contribution in [0.5, 0.6) is 0 Å². The molecule has 0 spiro atoms. The maximum absolute atomic E-state index is 13.3. The smallest absolute Gasteiger partial charge is 0.229 e. The fourth-order valence-electron chi connectivity index (χ4n) is 3.76. The zero-order valence-corrected chi connectivity index (χ0v) is 17.6. The van der Waals surface area contributed by atoms with Crippen molar-refractivity contribution in [1.29, 1.82) is 0 Å². The van der Waals surface area contributed by atoms with Gasteiger partial charge in [0.15, 0.2) is 0 Å². The lowest BCUT2D eigenvalue weighted by atomic mass is 9.97. The third-order valence-electron chi connectivity index (χ3n) is 5.38. The lowest BCUT2D eigenvalue weighted by Gasteiger charge is -2.31. The average Bonchev–Trinajstić information content (AvgIpc) is 3.30. The van der Waals surface area contributed by atoms with Gasteiger partial charge in [-0.1, -0.05) is 11.3 Å². The summed E-state index contributed by atoms with van der Waals surface area (Å²) in [7, 11) is 0. The number of nitrogens with one attached hydrogen (secondary N) is 1. The minimum atomic E-state index is -0.301. The topological polar surface area (TPSA) is 63.1 Å². The van der Waals surface area contributed by atoms with Gasteiger partial charge in [-0.25, -0.2) is 4.39 Å². The molecule has 1 N–H and O–H groups in total. The van der Waals surface area contributed by atoms with E-state index in [0.717, 1.165) is 46.6 Å². The molecule has 4 rings (SSSR count). The number of aromatic nitrogens is 3. The number of aryl methyl sites for hydroxylation is 3. The molecule has 6 nitrogen and oxygen atoms in total. The molecule has 152 valence electrons. The number of nitrogens with zero attached hydrogens (tertiary/aromatic N) is 4. The van der Waals surface area contributed by atoms with E-state index in [9.17, 15) is 9.18 Å². The Bertz CT molecular complexity index is 1020. The van der Waals surface area contributed by atoms with Crippen LogP contribution in [0.15, 0.2) is 30.3 Å². The second kappa shape index (κ2) is 7.94. The quantitative estimate of drug-likeness (QED) is 0.695. The Kier molecular flexibility index (Phi) is 5.36. The fourth-order valence-corrected chi connectivity index (χ4v) is 4.76. The zero-order valence-electron chi connectivity index (χ0n) is 16.8. The van der Waals surface area contributed by atoms with Crippen LogP contribution in [-0.4, -0.2) is 33.8 Å². The first-order chi connectivity index (χ1) is 13.9. The molecule has 1 aliphatic heterocycles. The Morgan fingerprint density at radius 2 is 1.86 bits per heavy atom. The van der Waals surface area contributed by atoms with Crippen molar-refractivity contribution in [2.75, 3.05) is 23.3 Å². The van der Waals surface area contributed by atoms with E-state index in [2.05, 4.69) is 37.1 Å². The van der Waals surface area contributed by atoms with Crippen LogP contribution in [0.3, 0.4) is 0 Å². The molecule has 3 aromatic rings. The summed E-state index contributed by atoms with van der Waals surface area (Å²) in [6, 6.07) is 8.53. The van der Waals surface area contributed by atoms with Crippen LogP contribution in [0.4, 0.5) is 15.2 Å². The number of halogens is 1. The highest BCUT2D eigenvalue weighted by molar-refractivity contribution is 7.17. The third kappa shape index (κ3) is 4.03. The zero-order chi connectivity index (χ0) is 20.5. The first-order valence-electron chi connectivity index (χ1n) is 9.73. The van der Waals surface area contributed by atoms with E-state index in [1.54, 1.807) is 24.3 Å². The van der Waals surface area contributed by atoms with E-state index in [4.69, 9.17) is 0 Å². The molecule has 1 fully saturated rings. The Balaban J connectivity index is 1.46. The number of piperidine rings is 1. The maximum Gasteiger partial charge on any atom is 0.229 e. The number of hydrogen-bond acceptors (Lipinski definition) is 5. The lowest BCUT2D eigenvalue weighted by molar-refractivity contribution is -0.120. The fraction of sp³-hybridized carbons (Fsp3) is 0.381. The first kappa shape index (κ1) is 19.6. The van der Waals surface area contributed by atoms with Crippen LogP contribution >= 0.6 is 11.3 Å². The van der Waals surface area contributed by atoms with Crippen molar-refractivity contribution in [3.8, 4) is 5.13 Å². The van der Waals surface area contributed by atoms with Gasteiger partial charge in [0.05, 0.1) is 5.92 Å². The summed E-state index contributed by atoms with van der Waals surface area (Å²) in [5, 5.41) is 13.4. The van der Waals surface area contributed by atoms with Gasteiger partial charge in [0.2, 0.25) is 16.2 Å². The second-order valence-corrected chi connectivity index (χ2v) is 8.49. The van der Waals surface area contributed by atoms with Crippen LogP contribution in [0.25, 0.3) is 5.13 Å². The van der Waals surface area contributed by atoms with Gasteiger partial charge in [-0.15, -0.1) is 10.2 Å². The number of carbonyl (C=O) groups is 1. The van der Waals surface area contributed by atoms with Crippen molar-refractivity contribution in [3.63, 3.8) is 0 Å². The van der Waals surface area contributed by atoms with Crippen LogP contribution in [0.2, 0.25) is 0 Å². The molecule has 1 amide bonds. The highest BCUT2D eigenvalue weighted by atomic mass is 32.1. The van der Waals surface area contributed by atoms with Gasteiger partial charge >= 0.3 is 0 Å². The second-order valence-electron chi connectivity index (χ2n) is 7.55. The Hall–Kier alpha value is -2.74. The number of anilines is 2. The van der Waals surface area contributed by atoms with E-state index >= 15 is 0 Å². The van der Waals surface area contributed by atoms with Crippen LogP contribution in [-0.2, 0) is 4.79 Å². The molecule has 1 atom stereocenters. The van der Waals surface area contributed by atoms with Gasteiger partial charge < -0.3 is 10.2 Å². The van der Waals surface area contributed by atoms with Crippen LogP contribution in [0.1, 0.15) is 29.8 Å². The molecule has 1 aromatic carbocycles. The predicted octanol–water partition coefficient (Wildman–Crippen LogP) is 4.25. The molecular weight excluding hydrogens is 389 g/mol. The predicted molar refractivity (Wildman–Crippen MR) is 113 cm³/mol. The highest BCUT2D eigenvalue weighted by Crippen LogP contribution is 2.30. The van der Waals surface area contributed by atoms with Crippen LogP contribution < -0.4 is 10.2 Å². The Labute approximate surface area is 173 Å². The van der Waals surface area contributed by atoms with E-state index < -0.39 is 0 Å². The number of benzene rings is 1. The SMILES string of the molecule is Cc1cc(F)ccc1NC(=O)[C@@H]1CCCN(c2nnc(-n3c(C)ccc3C)s2)C1. The molecule has 0 unspecified atom stereocenters. The molecule has 1 saturated heterocycles. The maximum atomic E-state index is 13.3. The van der Waals surface area contributed by atoms with E-state index in [-0.39, 0.29) is 17.6 Å². The minimum Gasteiger partial charge on any atom is -0.346 e. The summed E-state index contributed by atoms with van der Waals surface area (Å²) >= 11 is 1.54. The molecule has 0 aliphatic carbocycles. The first-order valence-corrected chi connectivity index (χ1v) is 10.5. The molecule has 0 bridgehead atoms. The van der Waals surface area contributed by atoms with Crippen LogP contribution in [0, 0.1) is 32.5 Å². The summed E-state index contributed by atoms with van der Waals surface area (Å²) in [6.45, 7) is 7.35. The summed E-state index contributed by atoms with van der Waals surface area (Å²) in [4.78, 5) is 14.9. The average molecular weight is 414 g/mol. The summed E-state index contributed by atoms with van der Waals surface area (Å²) in [5.41, 5.74) is 3.62. The number of amides is 1. The molecule has 2 aromatic heterocycles. The molecule has 0 saturated carbocycles. The van der Waals surface area contributed by atoms with Crippen molar-refractivity contribution in [2.24, 2.45) is 5.92 Å². The van der Waals surface area contributed by atoms with Crippen molar-refractivity contribution >= 4 is 28.1 Å². The van der Waals surface area contributed by atoms with Crippen molar-refractivity contribution < 1.29 is 9.18 Å². The summed E-state index contributed by atoms with van der Waals surface area (Å²) in [5.74, 6) is -0.480. The minimum absolute atomic E-state index is 0.0359. The highest BCUT2D eigenvalue weighted by Gasteiger charge is 2.28. The number of carbonyl (C=O) groups excluding carboxylic acids is 1. The van der Waals surface area contributed by atoms with Gasteiger partial charge in [-0.05, 0) is 69.5 Å². The van der Waals surface area contributed by atoms with Crippen molar-refractivity contribution in [2.45, 2.75) is 33.6 Å². The molecule has 3 heterocycles. The molecule has 0 radical (unpaired) electrons. The van der Waals surface area contributed by atoms with Crippen molar-refractivity contribution in [3.05, 3.63) is 53.1 Å². The Morgan fingerprint density at radius 3 is 2.59 bits per heavy atom. The van der Waals surface area contributed by atoms with E-state index in [1.807, 2.05) is 13.8 Å².